The third-order valence-electron chi connectivity index (χ3n) is 3.07. The lowest BCUT2D eigenvalue weighted by Crippen LogP contribution is -2.45. The number of hydrogen-bond acceptors (Lipinski definition) is 3. The molecule has 2 rings (SSSR count). The summed E-state index contributed by atoms with van der Waals surface area (Å²) >= 11 is 5.85. The molecule has 1 aliphatic rings. The molecule has 1 saturated heterocycles. The van der Waals surface area contributed by atoms with E-state index in [4.69, 9.17) is 16.3 Å². The molecular formula is C13H16ClNO3. The van der Waals surface area contributed by atoms with Crippen molar-refractivity contribution < 1.29 is 14.6 Å². The van der Waals surface area contributed by atoms with Crippen molar-refractivity contribution in [2.24, 2.45) is 0 Å². The zero-order valence-electron chi connectivity index (χ0n) is 10.2. The summed E-state index contributed by atoms with van der Waals surface area (Å²) in [5.74, 6) is -0.235. The Labute approximate surface area is 111 Å². The van der Waals surface area contributed by atoms with Gasteiger partial charge in [0.05, 0.1) is 18.3 Å². The molecule has 1 atom stereocenters. The van der Waals surface area contributed by atoms with Crippen LogP contribution < -0.4 is 0 Å². The molecule has 1 amide bonds. The van der Waals surface area contributed by atoms with Gasteiger partial charge in [-0.2, -0.15) is 0 Å². The van der Waals surface area contributed by atoms with Crippen LogP contribution >= 0.6 is 11.6 Å². The molecular weight excluding hydrogens is 254 g/mol. The summed E-state index contributed by atoms with van der Waals surface area (Å²) in [6, 6.07) is 4.49. The molecule has 5 heteroatoms. The lowest BCUT2D eigenvalue weighted by atomic mass is 10.1. The molecule has 0 saturated carbocycles. The van der Waals surface area contributed by atoms with Crippen LogP contribution in [0.3, 0.4) is 0 Å². The fourth-order valence-corrected chi connectivity index (χ4v) is 2.17. The number of halogens is 1. The van der Waals surface area contributed by atoms with Crippen molar-refractivity contribution in [1.82, 2.24) is 4.90 Å². The van der Waals surface area contributed by atoms with Crippen molar-refractivity contribution in [2.45, 2.75) is 19.4 Å². The summed E-state index contributed by atoms with van der Waals surface area (Å²) < 4.78 is 5.51. The van der Waals surface area contributed by atoms with Gasteiger partial charge in [0.25, 0.3) is 5.91 Å². The molecule has 1 aliphatic heterocycles. The van der Waals surface area contributed by atoms with Crippen LogP contribution in [-0.4, -0.2) is 41.7 Å². The number of aromatic hydroxyl groups is 1. The minimum atomic E-state index is -0.197. The molecule has 0 bridgehead atoms. The molecule has 18 heavy (non-hydrogen) atoms. The second-order valence-electron chi connectivity index (χ2n) is 4.31. The highest BCUT2D eigenvalue weighted by atomic mass is 35.5. The van der Waals surface area contributed by atoms with Gasteiger partial charge in [-0.25, -0.2) is 0 Å². The number of morpholine rings is 1. The largest absolute Gasteiger partial charge is 0.507 e. The molecule has 1 heterocycles. The molecule has 1 fully saturated rings. The third kappa shape index (κ3) is 2.76. The number of carbonyl (C=O) groups is 1. The predicted octanol–water partition coefficient (Wildman–Crippen LogP) is 2.30. The number of hydrogen-bond donors (Lipinski definition) is 1. The Bertz CT molecular complexity index is 450. The first kappa shape index (κ1) is 13.2. The summed E-state index contributed by atoms with van der Waals surface area (Å²) in [6.45, 7) is 3.66. The van der Waals surface area contributed by atoms with E-state index in [9.17, 15) is 9.90 Å². The van der Waals surface area contributed by atoms with Crippen LogP contribution in [0.2, 0.25) is 5.02 Å². The molecule has 4 nitrogen and oxygen atoms in total. The number of amides is 1. The Morgan fingerprint density at radius 1 is 1.61 bits per heavy atom. The zero-order chi connectivity index (χ0) is 13.1. The van der Waals surface area contributed by atoms with Crippen LogP contribution in [0.4, 0.5) is 0 Å². The Hall–Kier alpha value is -1.26. The maximum Gasteiger partial charge on any atom is 0.257 e. The summed E-state index contributed by atoms with van der Waals surface area (Å²) in [5.41, 5.74) is 0.249. The topological polar surface area (TPSA) is 49.8 Å². The first-order valence-corrected chi connectivity index (χ1v) is 6.39. The van der Waals surface area contributed by atoms with Gasteiger partial charge in [0.2, 0.25) is 0 Å². The van der Waals surface area contributed by atoms with Gasteiger partial charge in [-0.05, 0) is 24.6 Å². The average molecular weight is 270 g/mol. The van der Waals surface area contributed by atoms with Crippen molar-refractivity contribution in [3.05, 3.63) is 28.8 Å². The van der Waals surface area contributed by atoms with Gasteiger partial charge in [-0.1, -0.05) is 18.5 Å². The predicted molar refractivity (Wildman–Crippen MR) is 69.1 cm³/mol. The maximum absolute atomic E-state index is 12.3. The summed E-state index contributed by atoms with van der Waals surface area (Å²) in [4.78, 5) is 14.0. The van der Waals surface area contributed by atoms with E-state index in [1.54, 1.807) is 11.0 Å². The molecule has 1 aromatic rings. The van der Waals surface area contributed by atoms with Crippen molar-refractivity contribution in [2.75, 3.05) is 19.7 Å². The number of phenols is 1. The first-order chi connectivity index (χ1) is 8.61. The van der Waals surface area contributed by atoms with E-state index < -0.39 is 0 Å². The Morgan fingerprint density at radius 3 is 3.11 bits per heavy atom. The molecule has 0 radical (unpaired) electrons. The maximum atomic E-state index is 12.3. The lowest BCUT2D eigenvalue weighted by Gasteiger charge is -2.32. The highest BCUT2D eigenvalue weighted by Gasteiger charge is 2.25. The highest BCUT2D eigenvalue weighted by molar-refractivity contribution is 6.31. The summed E-state index contributed by atoms with van der Waals surface area (Å²) in [7, 11) is 0. The third-order valence-corrected chi connectivity index (χ3v) is 3.31. The minimum Gasteiger partial charge on any atom is -0.507 e. The molecule has 1 N–H and O–H groups in total. The second-order valence-corrected chi connectivity index (χ2v) is 4.75. The van der Waals surface area contributed by atoms with Gasteiger partial charge in [0.1, 0.15) is 5.75 Å². The fourth-order valence-electron chi connectivity index (χ4n) is 2.00. The Balaban J connectivity index is 2.17. The van der Waals surface area contributed by atoms with Crippen LogP contribution in [0, 0.1) is 0 Å². The van der Waals surface area contributed by atoms with Gasteiger partial charge < -0.3 is 14.7 Å². The van der Waals surface area contributed by atoms with Crippen molar-refractivity contribution in [3.63, 3.8) is 0 Å². The van der Waals surface area contributed by atoms with E-state index in [2.05, 4.69) is 0 Å². The van der Waals surface area contributed by atoms with E-state index >= 15 is 0 Å². The number of rotatable bonds is 2. The zero-order valence-corrected chi connectivity index (χ0v) is 11.0. The summed E-state index contributed by atoms with van der Waals surface area (Å²) in [6.07, 6.45) is 0.940. The van der Waals surface area contributed by atoms with Gasteiger partial charge in [0, 0.05) is 18.1 Å². The van der Waals surface area contributed by atoms with E-state index in [-0.39, 0.29) is 23.3 Å². The smallest absolute Gasteiger partial charge is 0.257 e. The monoisotopic (exact) mass is 269 g/mol. The molecule has 0 unspecified atom stereocenters. The standard InChI is InChI=1S/C13H16ClNO3/c1-2-10-8-15(5-6-18-10)13(17)11-7-9(14)3-4-12(11)16/h3-4,7,10,16H,2,5-6,8H2,1H3/t10-/m0/s1. The lowest BCUT2D eigenvalue weighted by molar-refractivity contribution is -0.0227. The van der Waals surface area contributed by atoms with Gasteiger partial charge in [-0.15, -0.1) is 0 Å². The van der Waals surface area contributed by atoms with E-state index in [0.29, 0.717) is 24.7 Å². The van der Waals surface area contributed by atoms with Crippen molar-refractivity contribution in [1.29, 1.82) is 0 Å². The molecule has 0 aromatic heterocycles. The number of ether oxygens (including phenoxy) is 1. The first-order valence-electron chi connectivity index (χ1n) is 6.01. The quantitative estimate of drug-likeness (QED) is 0.896. The number of benzene rings is 1. The number of nitrogens with zero attached hydrogens (tertiary/aromatic N) is 1. The molecule has 1 aromatic carbocycles. The van der Waals surface area contributed by atoms with E-state index in [1.165, 1.54) is 12.1 Å². The van der Waals surface area contributed by atoms with Gasteiger partial charge >= 0.3 is 0 Å². The SMILES string of the molecule is CC[C@H]1CN(C(=O)c2cc(Cl)ccc2O)CCO1. The van der Waals surface area contributed by atoms with Crippen LogP contribution in [0.15, 0.2) is 18.2 Å². The number of phenolic OH excluding ortho intramolecular Hbond substituents is 1. The Kier molecular flexibility index (Phi) is 4.09. The van der Waals surface area contributed by atoms with Crippen LogP contribution in [-0.2, 0) is 4.74 Å². The molecule has 98 valence electrons. The normalized spacial score (nSPS) is 19.9. The van der Waals surface area contributed by atoms with Crippen molar-refractivity contribution in [3.8, 4) is 5.75 Å². The van der Waals surface area contributed by atoms with Gasteiger partial charge in [-0.3, -0.25) is 4.79 Å². The molecule has 0 spiro atoms. The van der Waals surface area contributed by atoms with Crippen LogP contribution in [0.25, 0.3) is 0 Å². The average Bonchev–Trinajstić information content (AvgIpc) is 2.41. The molecule has 0 aliphatic carbocycles. The fraction of sp³-hybridized carbons (Fsp3) is 0.462. The second kappa shape index (κ2) is 5.59. The van der Waals surface area contributed by atoms with E-state index in [0.717, 1.165) is 6.42 Å². The number of carbonyl (C=O) groups excluding carboxylic acids is 1. The highest BCUT2D eigenvalue weighted by Crippen LogP contribution is 2.24. The Morgan fingerprint density at radius 2 is 2.39 bits per heavy atom. The summed E-state index contributed by atoms with van der Waals surface area (Å²) in [5, 5.41) is 10.2. The van der Waals surface area contributed by atoms with Gasteiger partial charge in [0.15, 0.2) is 0 Å². The minimum absolute atomic E-state index is 0.0380. The van der Waals surface area contributed by atoms with Crippen LogP contribution in [0.5, 0.6) is 5.75 Å². The van der Waals surface area contributed by atoms with Crippen molar-refractivity contribution >= 4 is 17.5 Å². The van der Waals surface area contributed by atoms with Crippen LogP contribution in [0.1, 0.15) is 23.7 Å². The van der Waals surface area contributed by atoms with E-state index in [1.807, 2.05) is 6.92 Å².